The molecule has 1 atom stereocenters. The lowest BCUT2D eigenvalue weighted by Crippen LogP contribution is -2.20. The average Bonchev–Trinajstić information content (AvgIpc) is 2.88. The summed E-state index contributed by atoms with van der Waals surface area (Å²) in [6, 6.07) is 7.99. The first-order valence-corrected chi connectivity index (χ1v) is 8.11. The summed E-state index contributed by atoms with van der Waals surface area (Å²) in [6.07, 6.45) is -0.580. The van der Waals surface area contributed by atoms with Gasteiger partial charge in [0, 0.05) is 12.8 Å². The molecule has 1 heterocycles. The summed E-state index contributed by atoms with van der Waals surface area (Å²) in [5.74, 6) is 1.24. The Kier molecular flexibility index (Phi) is 5.42. The second-order valence-corrected chi connectivity index (χ2v) is 7.12. The standard InChI is InChI=1S/C15H22N4O2S/c1-15(2,3)11-5-7-13(8-6-11)21-9-12(20)10-22-14-16-17-18-19(14)4/h5-8,12,20H,9-10H2,1-4H3. The lowest BCUT2D eigenvalue weighted by molar-refractivity contribution is 0.126. The number of aliphatic hydroxyl groups is 1. The van der Waals surface area contributed by atoms with Gasteiger partial charge in [-0.1, -0.05) is 44.7 Å². The number of tetrazole rings is 1. The van der Waals surface area contributed by atoms with Crippen LogP contribution in [0.2, 0.25) is 0 Å². The highest BCUT2D eigenvalue weighted by Crippen LogP contribution is 2.24. The molecule has 0 aliphatic heterocycles. The van der Waals surface area contributed by atoms with Crippen LogP contribution in [-0.2, 0) is 12.5 Å². The van der Waals surface area contributed by atoms with Crippen LogP contribution in [0.25, 0.3) is 0 Å². The predicted molar refractivity (Wildman–Crippen MR) is 86.2 cm³/mol. The van der Waals surface area contributed by atoms with Crippen molar-refractivity contribution in [2.24, 2.45) is 7.05 Å². The third kappa shape index (κ3) is 4.71. The van der Waals surface area contributed by atoms with E-state index in [1.54, 1.807) is 11.7 Å². The molecule has 22 heavy (non-hydrogen) atoms. The van der Waals surface area contributed by atoms with Gasteiger partial charge in [0.1, 0.15) is 12.4 Å². The van der Waals surface area contributed by atoms with Crippen molar-refractivity contribution in [3.05, 3.63) is 29.8 Å². The Balaban J connectivity index is 1.78. The molecular formula is C15H22N4O2S. The summed E-state index contributed by atoms with van der Waals surface area (Å²) < 4.78 is 7.19. The molecule has 1 aromatic heterocycles. The molecule has 0 aliphatic carbocycles. The van der Waals surface area contributed by atoms with Crippen LogP contribution < -0.4 is 4.74 Å². The first-order chi connectivity index (χ1) is 10.4. The van der Waals surface area contributed by atoms with E-state index in [0.29, 0.717) is 10.9 Å². The van der Waals surface area contributed by atoms with Gasteiger partial charge in [-0.05, 0) is 33.5 Å². The van der Waals surface area contributed by atoms with E-state index in [9.17, 15) is 5.11 Å². The number of aromatic nitrogens is 4. The van der Waals surface area contributed by atoms with Gasteiger partial charge in [-0.25, -0.2) is 4.68 Å². The molecule has 1 N–H and O–H groups in total. The maximum atomic E-state index is 9.96. The first-order valence-electron chi connectivity index (χ1n) is 7.13. The predicted octanol–water partition coefficient (Wildman–Crippen LogP) is 2.04. The minimum atomic E-state index is -0.580. The van der Waals surface area contributed by atoms with Crippen molar-refractivity contribution in [2.45, 2.75) is 37.4 Å². The van der Waals surface area contributed by atoms with Gasteiger partial charge in [0.25, 0.3) is 0 Å². The smallest absolute Gasteiger partial charge is 0.209 e. The minimum absolute atomic E-state index is 0.124. The lowest BCUT2D eigenvalue weighted by atomic mass is 9.87. The quantitative estimate of drug-likeness (QED) is 0.821. The molecule has 2 aromatic rings. The highest BCUT2D eigenvalue weighted by atomic mass is 32.2. The van der Waals surface area contributed by atoms with E-state index in [4.69, 9.17) is 4.74 Å². The number of ether oxygens (including phenoxy) is 1. The van der Waals surface area contributed by atoms with Crippen molar-refractivity contribution in [1.29, 1.82) is 0 Å². The summed E-state index contributed by atoms with van der Waals surface area (Å²) in [4.78, 5) is 0. The SMILES string of the molecule is Cn1nnnc1SCC(O)COc1ccc(C(C)(C)C)cc1. The number of nitrogens with zero attached hydrogens (tertiary/aromatic N) is 4. The summed E-state index contributed by atoms with van der Waals surface area (Å²) in [5.41, 5.74) is 1.38. The molecule has 0 saturated heterocycles. The van der Waals surface area contributed by atoms with Crippen molar-refractivity contribution < 1.29 is 9.84 Å². The molecule has 0 spiro atoms. The number of hydrogen-bond acceptors (Lipinski definition) is 6. The minimum Gasteiger partial charge on any atom is -0.491 e. The molecule has 0 radical (unpaired) electrons. The molecule has 6 nitrogen and oxygen atoms in total. The monoisotopic (exact) mass is 322 g/mol. The number of rotatable bonds is 6. The Bertz CT molecular complexity index is 592. The van der Waals surface area contributed by atoms with E-state index in [-0.39, 0.29) is 12.0 Å². The van der Waals surface area contributed by atoms with Crippen LogP contribution in [0, 0.1) is 0 Å². The summed E-state index contributed by atoms with van der Waals surface area (Å²) in [7, 11) is 1.77. The van der Waals surface area contributed by atoms with Crippen molar-refractivity contribution >= 4 is 11.8 Å². The third-order valence-corrected chi connectivity index (χ3v) is 4.30. The topological polar surface area (TPSA) is 73.1 Å². The fourth-order valence-corrected chi connectivity index (χ4v) is 2.56. The number of hydrogen-bond donors (Lipinski definition) is 1. The van der Waals surface area contributed by atoms with Crippen LogP contribution in [0.4, 0.5) is 0 Å². The third-order valence-electron chi connectivity index (χ3n) is 3.15. The Morgan fingerprint density at radius 2 is 1.95 bits per heavy atom. The molecule has 1 aromatic carbocycles. The first kappa shape index (κ1) is 16.8. The van der Waals surface area contributed by atoms with E-state index in [1.165, 1.54) is 17.3 Å². The summed E-state index contributed by atoms with van der Waals surface area (Å²) in [5, 5.41) is 21.8. The average molecular weight is 322 g/mol. The van der Waals surface area contributed by atoms with E-state index in [0.717, 1.165) is 5.75 Å². The van der Waals surface area contributed by atoms with Crippen LogP contribution in [0.5, 0.6) is 5.75 Å². The zero-order valence-corrected chi connectivity index (χ0v) is 14.2. The molecule has 2 rings (SSSR count). The summed E-state index contributed by atoms with van der Waals surface area (Å²) >= 11 is 1.40. The Labute approximate surface area is 134 Å². The second kappa shape index (κ2) is 7.11. The number of aryl methyl sites for hydroxylation is 1. The summed E-state index contributed by atoms with van der Waals surface area (Å²) in [6.45, 7) is 6.76. The van der Waals surface area contributed by atoms with Gasteiger partial charge in [0.2, 0.25) is 5.16 Å². The van der Waals surface area contributed by atoms with E-state index >= 15 is 0 Å². The van der Waals surface area contributed by atoms with Crippen LogP contribution in [0.15, 0.2) is 29.4 Å². The number of thioether (sulfide) groups is 1. The molecule has 0 saturated carbocycles. The maximum Gasteiger partial charge on any atom is 0.209 e. The fraction of sp³-hybridized carbons (Fsp3) is 0.533. The fourth-order valence-electron chi connectivity index (χ4n) is 1.81. The molecule has 0 bridgehead atoms. The number of aliphatic hydroxyl groups excluding tert-OH is 1. The van der Waals surface area contributed by atoms with Crippen LogP contribution in [0.1, 0.15) is 26.3 Å². The van der Waals surface area contributed by atoms with Crippen molar-refractivity contribution in [2.75, 3.05) is 12.4 Å². The zero-order chi connectivity index (χ0) is 16.2. The zero-order valence-electron chi connectivity index (χ0n) is 13.4. The van der Waals surface area contributed by atoms with Gasteiger partial charge in [0.05, 0.1) is 6.10 Å². The van der Waals surface area contributed by atoms with Crippen LogP contribution in [-0.4, -0.2) is 43.8 Å². The molecule has 0 aliphatic rings. The Hall–Kier alpha value is -1.60. The molecule has 0 fully saturated rings. The second-order valence-electron chi connectivity index (χ2n) is 6.14. The van der Waals surface area contributed by atoms with Gasteiger partial charge in [-0.3, -0.25) is 0 Å². The Morgan fingerprint density at radius 3 is 2.50 bits per heavy atom. The highest BCUT2D eigenvalue weighted by molar-refractivity contribution is 7.99. The molecule has 0 amide bonds. The maximum absolute atomic E-state index is 9.96. The highest BCUT2D eigenvalue weighted by Gasteiger charge is 2.13. The van der Waals surface area contributed by atoms with Crippen molar-refractivity contribution in [3.63, 3.8) is 0 Å². The van der Waals surface area contributed by atoms with Gasteiger partial charge in [-0.15, -0.1) is 5.10 Å². The van der Waals surface area contributed by atoms with Crippen molar-refractivity contribution in [1.82, 2.24) is 20.2 Å². The largest absolute Gasteiger partial charge is 0.491 e. The van der Waals surface area contributed by atoms with Gasteiger partial charge < -0.3 is 9.84 Å². The molecular weight excluding hydrogens is 300 g/mol. The van der Waals surface area contributed by atoms with Crippen LogP contribution in [0.3, 0.4) is 0 Å². The molecule has 120 valence electrons. The normalized spacial score (nSPS) is 13.1. The van der Waals surface area contributed by atoms with E-state index in [2.05, 4.69) is 48.4 Å². The molecule has 7 heteroatoms. The van der Waals surface area contributed by atoms with E-state index in [1.807, 2.05) is 12.1 Å². The van der Waals surface area contributed by atoms with Gasteiger partial charge in [0.15, 0.2) is 0 Å². The van der Waals surface area contributed by atoms with E-state index < -0.39 is 6.10 Å². The number of benzene rings is 1. The van der Waals surface area contributed by atoms with Crippen molar-refractivity contribution in [3.8, 4) is 5.75 Å². The lowest BCUT2D eigenvalue weighted by Gasteiger charge is -2.19. The molecule has 1 unspecified atom stereocenters. The van der Waals surface area contributed by atoms with Gasteiger partial charge in [-0.2, -0.15) is 0 Å². The van der Waals surface area contributed by atoms with Crippen LogP contribution >= 0.6 is 11.8 Å². The Morgan fingerprint density at radius 1 is 1.27 bits per heavy atom. The van der Waals surface area contributed by atoms with Gasteiger partial charge >= 0.3 is 0 Å².